The van der Waals surface area contributed by atoms with Crippen molar-refractivity contribution in [2.24, 2.45) is 5.92 Å². The Morgan fingerprint density at radius 1 is 1.07 bits per heavy atom. The first-order valence-corrected chi connectivity index (χ1v) is 12.1. The van der Waals surface area contributed by atoms with Crippen LogP contribution in [0.4, 0.5) is 4.39 Å². The molecule has 0 bridgehead atoms. The molecule has 4 rings (SSSR count). The van der Waals surface area contributed by atoms with Crippen LogP contribution in [0.2, 0.25) is 0 Å². The summed E-state index contributed by atoms with van der Waals surface area (Å²) in [6.45, 7) is 0.368. The number of benzene rings is 1. The van der Waals surface area contributed by atoms with E-state index in [1.807, 2.05) is 6.07 Å². The quantitative estimate of drug-likeness (QED) is 0.697. The molecule has 30 heavy (non-hydrogen) atoms. The van der Waals surface area contributed by atoms with Crippen LogP contribution in [-0.4, -0.2) is 37.6 Å². The Morgan fingerprint density at radius 2 is 1.77 bits per heavy atom. The molecule has 1 aliphatic heterocycles. The van der Waals surface area contributed by atoms with Crippen LogP contribution in [0, 0.1) is 11.7 Å². The maximum absolute atomic E-state index is 13.1. The summed E-state index contributed by atoms with van der Waals surface area (Å²) in [4.78, 5) is 26.5. The number of aryl methyl sites for hydroxylation is 2. The molecule has 2 N–H and O–H groups in total. The molecular formula is C20H22FN3O4S2. The van der Waals surface area contributed by atoms with Gasteiger partial charge in [-0.1, -0.05) is 0 Å². The van der Waals surface area contributed by atoms with E-state index >= 15 is 0 Å². The van der Waals surface area contributed by atoms with E-state index in [1.165, 1.54) is 38.2 Å². The van der Waals surface area contributed by atoms with Crippen LogP contribution in [0.25, 0.3) is 0 Å². The number of carbonyl (C=O) groups is 2. The summed E-state index contributed by atoms with van der Waals surface area (Å²) in [6.07, 6.45) is 3.80. The molecule has 0 saturated carbocycles. The number of halogens is 1. The zero-order valence-corrected chi connectivity index (χ0v) is 17.8. The monoisotopic (exact) mass is 451 g/mol. The average molecular weight is 452 g/mol. The smallest absolute Gasteiger partial charge is 0.273 e. The molecule has 160 valence electrons. The molecule has 2 heterocycles. The zero-order valence-electron chi connectivity index (χ0n) is 16.2. The topological polar surface area (TPSA) is 95.6 Å². The van der Waals surface area contributed by atoms with Crippen molar-refractivity contribution in [3.05, 3.63) is 51.5 Å². The normalized spacial score (nSPS) is 17.5. The third kappa shape index (κ3) is 4.26. The lowest BCUT2D eigenvalue weighted by Crippen LogP contribution is -2.48. The SMILES string of the molecule is O=C(NNC(=O)C1CCN(S(=O)(=O)c2ccc(F)cc2)CC1)c1cc2c(s1)CCC2. The van der Waals surface area contributed by atoms with Gasteiger partial charge in [-0.05, 0) is 68.0 Å². The van der Waals surface area contributed by atoms with Crippen LogP contribution in [0.5, 0.6) is 0 Å². The van der Waals surface area contributed by atoms with Gasteiger partial charge in [-0.15, -0.1) is 11.3 Å². The number of carbonyl (C=O) groups excluding carboxylic acids is 2. The van der Waals surface area contributed by atoms with E-state index in [0.717, 1.165) is 31.4 Å². The van der Waals surface area contributed by atoms with Gasteiger partial charge < -0.3 is 0 Å². The Labute approximate surface area is 178 Å². The fourth-order valence-electron chi connectivity index (χ4n) is 3.84. The average Bonchev–Trinajstić information content (AvgIpc) is 3.34. The molecule has 2 amide bonds. The van der Waals surface area contributed by atoms with Gasteiger partial charge in [-0.3, -0.25) is 20.4 Å². The van der Waals surface area contributed by atoms with Gasteiger partial charge in [0.1, 0.15) is 5.82 Å². The Bertz CT molecular complexity index is 1040. The highest BCUT2D eigenvalue weighted by Crippen LogP contribution is 2.30. The Morgan fingerprint density at radius 3 is 2.43 bits per heavy atom. The van der Waals surface area contributed by atoms with Gasteiger partial charge in [0.15, 0.2) is 0 Å². The molecule has 0 radical (unpaired) electrons. The van der Waals surface area contributed by atoms with Crippen molar-refractivity contribution in [2.75, 3.05) is 13.1 Å². The molecule has 1 aromatic heterocycles. The second-order valence-electron chi connectivity index (χ2n) is 7.49. The van der Waals surface area contributed by atoms with E-state index in [1.54, 1.807) is 0 Å². The van der Waals surface area contributed by atoms with E-state index in [-0.39, 0.29) is 29.8 Å². The van der Waals surface area contributed by atoms with Crippen molar-refractivity contribution >= 4 is 33.2 Å². The van der Waals surface area contributed by atoms with Crippen LogP contribution in [0.15, 0.2) is 35.2 Å². The van der Waals surface area contributed by atoms with E-state index in [2.05, 4.69) is 10.9 Å². The lowest BCUT2D eigenvalue weighted by atomic mass is 9.98. The summed E-state index contributed by atoms with van der Waals surface area (Å²) in [5, 5.41) is 0. The minimum absolute atomic E-state index is 0.0295. The highest BCUT2D eigenvalue weighted by atomic mass is 32.2. The van der Waals surface area contributed by atoms with Gasteiger partial charge in [-0.25, -0.2) is 12.8 Å². The van der Waals surface area contributed by atoms with Crippen LogP contribution in [0.1, 0.15) is 39.4 Å². The summed E-state index contributed by atoms with van der Waals surface area (Å²) >= 11 is 1.46. The number of fused-ring (bicyclic) bond motifs is 1. The summed E-state index contributed by atoms with van der Waals surface area (Å²) in [7, 11) is -3.72. The lowest BCUT2D eigenvalue weighted by molar-refractivity contribution is -0.126. The van der Waals surface area contributed by atoms with Crippen molar-refractivity contribution in [1.82, 2.24) is 15.2 Å². The molecule has 1 saturated heterocycles. The maximum atomic E-state index is 13.1. The molecule has 7 nitrogen and oxygen atoms in total. The standard InChI is InChI=1S/C20H22FN3O4S2/c21-15-4-6-16(7-5-15)30(27,28)24-10-8-13(9-11-24)19(25)22-23-20(26)18-12-14-2-1-3-17(14)29-18/h4-7,12-13H,1-3,8-11H2,(H,22,25)(H,23,26). The molecule has 1 aliphatic carbocycles. The molecule has 0 spiro atoms. The van der Waals surface area contributed by atoms with Gasteiger partial charge in [-0.2, -0.15) is 4.31 Å². The number of rotatable bonds is 4. The third-order valence-corrected chi connectivity index (χ3v) is 8.69. The first kappa shape index (κ1) is 21.0. The second-order valence-corrected chi connectivity index (χ2v) is 10.6. The summed E-state index contributed by atoms with van der Waals surface area (Å²) in [5.74, 6) is -1.55. The number of hydrazine groups is 1. The van der Waals surface area contributed by atoms with Crippen molar-refractivity contribution < 1.29 is 22.4 Å². The number of piperidine rings is 1. The minimum atomic E-state index is -3.72. The van der Waals surface area contributed by atoms with Crippen LogP contribution in [-0.2, 0) is 27.7 Å². The second kappa shape index (κ2) is 8.44. The fraction of sp³-hybridized carbons (Fsp3) is 0.400. The van der Waals surface area contributed by atoms with Crippen molar-refractivity contribution in [3.63, 3.8) is 0 Å². The van der Waals surface area contributed by atoms with E-state index < -0.39 is 21.8 Å². The molecule has 2 aliphatic rings. The molecule has 0 atom stereocenters. The molecular weight excluding hydrogens is 429 g/mol. The number of amides is 2. The summed E-state index contributed by atoms with van der Waals surface area (Å²) in [5.41, 5.74) is 6.14. The highest BCUT2D eigenvalue weighted by molar-refractivity contribution is 7.89. The van der Waals surface area contributed by atoms with Crippen molar-refractivity contribution in [1.29, 1.82) is 0 Å². The van der Waals surface area contributed by atoms with Gasteiger partial charge in [0, 0.05) is 23.9 Å². The predicted octanol–water partition coefficient (Wildman–Crippen LogP) is 2.24. The first-order chi connectivity index (χ1) is 14.3. The van der Waals surface area contributed by atoms with Gasteiger partial charge in [0.25, 0.3) is 5.91 Å². The largest absolute Gasteiger partial charge is 0.279 e. The number of sulfonamides is 1. The van der Waals surface area contributed by atoms with Crippen LogP contribution in [0.3, 0.4) is 0 Å². The molecule has 10 heteroatoms. The number of thiophene rings is 1. The number of hydrogen-bond donors (Lipinski definition) is 2. The fourth-order valence-corrected chi connectivity index (χ4v) is 6.46. The Balaban J connectivity index is 1.28. The van der Waals surface area contributed by atoms with E-state index in [4.69, 9.17) is 0 Å². The molecule has 1 fully saturated rings. The zero-order chi connectivity index (χ0) is 21.3. The molecule has 1 aromatic carbocycles. The minimum Gasteiger partial charge on any atom is -0.273 e. The van der Waals surface area contributed by atoms with Gasteiger partial charge in [0.2, 0.25) is 15.9 Å². The Kier molecular flexibility index (Phi) is 5.90. The first-order valence-electron chi connectivity index (χ1n) is 9.82. The predicted molar refractivity (Wildman–Crippen MR) is 110 cm³/mol. The van der Waals surface area contributed by atoms with Crippen LogP contribution >= 0.6 is 11.3 Å². The number of nitrogens with zero attached hydrogens (tertiary/aromatic N) is 1. The molecule has 2 aromatic rings. The number of hydrogen-bond acceptors (Lipinski definition) is 5. The maximum Gasteiger partial charge on any atom is 0.279 e. The van der Waals surface area contributed by atoms with Crippen molar-refractivity contribution in [3.8, 4) is 0 Å². The van der Waals surface area contributed by atoms with Gasteiger partial charge in [0.05, 0.1) is 9.77 Å². The molecule has 0 unspecified atom stereocenters. The summed E-state index contributed by atoms with van der Waals surface area (Å²) in [6, 6.07) is 6.57. The van der Waals surface area contributed by atoms with E-state index in [9.17, 15) is 22.4 Å². The van der Waals surface area contributed by atoms with Gasteiger partial charge >= 0.3 is 0 Å². The third-order valence-electron chi connectivity index (χ3n) is 5.55. The lowest BCUT2D eigenvalue weighted by Gasteiger charge is -2.30. The summed E-state index contributed by atoms with van der Waals surface area (Å²) < 4.78 is 39.7. The van der Waals surface area contributed by atoms with Crippen LogP contribution < -0.4 is 10.9 Å². The van der Waals surface area contributed by atoms with Crippen molar-refractivity contribution in [2.45, 2.75) is 37.0 Å². The van der Waals surface area contributed by atoms with E-state index in [0.29, 0.717) is 17.7 Å². The highest BCUT2D eigenvalue weighted by Gasteiger charge is 2.32. The number of nitrogens with one attached hydrogen (secondary N) is 2. The Hall–Kier alpha value is -2.30.